The highest BCUT2D eigenvalue weighted by Gasteiger charge is 2.46. The van der Waals surface area contributed by atoms with E-state index in [2.05, 4.69) is 21.3 Å². The molecule has 3 aliphatic heterocycles. The van der Waals surface area contributed by atoms with Gasteiger partial charge in [0.1, 0.15) is 12.4 Å². The van der Waals surface area contributed by atoms with E-state index in [0.29, 0.717) is 71.1 Å². The minimum absolute atomic E-state index is 0.0205. The van der Waals surface area contributed by atoms with E-state index in [-0.39, 0.29) is 126 Å². The number of halogens is 1. The highest BCUT2D eigenvalue weighted by Crippen LogP contribution is 2.46. The van der Waals surface area contributed by atoms with E-state index in [1.165, 1.54) is 27.7 Å². The van der Waals surface area contributed by atoms with Crippen LogP contribution in [0.25, 0.3) is 22.3 Å². The molecule has 0 spiro atoms. The van der Waals surface area contributed by atoms with Crippen LogP contribution < -0.4 is 26.8 Å². The average molecular weight is 1120 g/mol. The van der Waals surface area contributed by atoms with E-state index in [9.17, 15) is 63.0 Å². The number of carboxylic acids is 1. The number of aliphatic hydroxyl groups is 1. The number of hydrogen-bond donors (Lipinski definition) is 6. The Kier molecular flexibility index (Phi) is 18.8. The first-order valence-electron chi connectivity index (χ1n) is 27.3. The summed E-state index contributed by atoms with van der Waals surface area (Å²) in [5.41, 5.74) is 1.85. The topological polar surface area (TPSA) is 310 Å². The highest BCUT2D eigenvalue weighted by molar-refractivity contribution is 6.12. The monoisotopic (exact) mass is 1120 g/mol. The third kappa shape index (κ3) is 13.7. The van der Waals surface area contributed by atoms with Crippen molar-refractivity contribution in [2.24, 2.45) is 0 Å². The van der Waals surface area contributed by atoms with E-state index in [1.807, 2.05) is 0 Å². The summed E-state index contributed by atoms with van der Waals surface area (Å²) in [5.74, 6) is -5.98. The van der Waals surface area contributed by atoms with Crippen LogP contribution in [0.3, 0.4) is 0 Å². The zero-order valence-corrected chi connectivity index (χ0v) is 45.2. The van der Waals surface area contributed by atoms with E-state index in [4.69, 9.17) is 9.72 Å². The molecule has 0 bridgehead atoms. The molecule has 23 heteroatoms. The summed E-state index contributed by atoms with van der Waals surface area (Å²) in [6.07, 6.45) is 3.83. The highest BCUT2D eigenvalue weighted by atomic mass is 19.1. The second-order valence-electron chi connectivity index (χ2n) is 20.8. The van der Waals surface area contributed by atoms with Gasteiger partial charge in [0.15, 0.2) is 17.2 Å². The Bertz CT molecular complexity index is 3290. The van der Waals surface area contributed by atoms with Gasteiger partial charge in [-0.2, -0.15) is 0 Å². The number of amides is 6. The Morgan fingerprint density at radius 3 is 2.31 bits per heavy atom. The third-order valence-corrected chi connectivity index (χ3v) is 15.4. The van der Waals surface area contributed by atoms with Gasteiger partial charge in [-0.1, -0.05) is 43.7 Å². The molecule has 3 atom stereocenters. The second kappa shape index (κ2) is 25.9. The number of aromatic nitrogens is 2. The molecular formula is C58H65FN8O14. The molecule has 4 aliphatic rings. The lowest BCUT2D eigenvalue weighted by Crippen LogP contribution is -2.44. The van der Waals surface area contributed by atoms with Gasteiger partial charge in [-0.25, -0.2) is 14.2 Å². The molecule has 5 heterocycles. The van der Waals surface area contributed by atoms with Gasteiger partial charge in [0.25, 0.3) is 17.4 Å². The Morgan fingerprint density at radius 1 is 0.852 bits per heavy atom. The number of cyclic esters (lactones) is 1. The SMILES string of the molecule is CC[C@@]1(O)C(=O)OCc2c1cc1n(c2=O)Cc2c-1nc1cc(F)c(C)c3c1c2[C@@H](NC(=O)CCN(CCNC(=O)CCC(=O)C(Cc1ccccc1)NC(=O)CCC(=O)CNC(=O)CCCCCN1C(=O)C=CC1=O)CC(=O)O)CC3. The average Bonchev–Trinajstić information content (AvgIpc) is 3.15. The smallest absolute Gasteiger partial charge is 0.343 e. The van der Waals surface area contributed by atoms with Crippen molar-refractivity contribution in [3.63, 3.8) is 0 Å². The summed E-state index contributed by atoms with van der Waals surface area (Å²) in [6, 6.07) is 10.1. The number of imide groups is 1. The number of esters is 1. The van der Waals surface area contributed by atoms with Crippen molar-refractivity contribution in [3.05, 3.63) is 110 Å². The van der Waals surface area contributed by atoms with Gasteiger partial charge < -0.3 is 40.8 Å². The molecule has 4 aromatic rings. The number of hydrogen-bond acceptors (Lipinski definition) is 15. The molecular weight excluding hydrogens is 1050 g/mol. The number of nitrogens with zero attached hydrogens (tertiary/aromatic N) is 4. The van der Waals surface area contributed by atoms with Gasteiger partial charge in [-0.05, 0) is 73.8 Å². The molecule has 2 aromatic heterocycles. The lowest BCUT2D eigenvalue weighted by molar-refractivity contribution is -0.172. The minimum Gasteiger partial charge on any atom is -0.480 e. The summed E-state index contributed by atoms with van der Waals surface area (Å²) >= 11 is 0. The third-order valence-electron chi connectivity index (χ3n) is 15.4. The number of ether oxygens (including phenoxy) is 1. The quantitative estimate of drug-likeness (QED) is 0.0238. The van der Waals surface area contributed by atoms with Crippen LogP contribution in [-0.4, -0.2) is 134 Å². The molecule has 22 nitrogen and oxygen atoms in total. The van der Waals surface area contributed by atoms with Crippen molar-refractivity contribution in [1.29, 1.82) is 0 Å². The predicted octanol–water partition coefficient (Wildman–Crippen LogP) is 2.55. The maximum Gasteiger partial charge on any atom is 0.343 e. The molecule has 428 valence electrons. The number of Topliss-reactive ketones (excluding diaryl/α,β-unsaturated/α-hetero) is 2. The first kappa shape index (κ1) is 58.8. The number of rotatable bonds is 28. The van der Waals surface area contributed by atoms with Crippen LogP contribution in [0.4, 0.5) is 4.39 Å². The van der Waals surface area contributed by atoms with Gasteiger partial charge in [0.2, 0.25) is 23.6 Å². The minimum atomic E-state index is -2.06. The largest absolute Gasteiger partial charge is 0.480 e. The number of pyridine rings is 2. The number of aryl methyl sites for hydroxylation is 1. The van der Waals surface area contributed by atoms with Crippen molar-refractivity contribution in [2.45, 2.75) is 128 Å². The van der Waals surface area contributed by atoms with E-state index in [1.54, 1.807) is 50.2 Å². The summed E-state index contributed by atoms with van der Waals surface area (Å²) < 4.78 is 22.2. The van der Waals surface area contributed by atoms with E-state index >= 15 is 4.39 Å². The van der Waals surface area contributed by atoms with Gasteiger partial charge in [-0.3, -0.25) is 57.7 Å². The first-order chi connectivity index (χ1) is 38.8. The van der Waals surface area contributed by atoms with Crippen LogP contribution in [0, 0.1) is 12.7 Å². The van der Waals surface area contributed by atoms with Gasteiger partial charge in [0.05, 0.1) is 54.2 Å². The molecule has 0 fully saturated rings. The van der Waals surface area contributed by atoms with Crippen LogP contribution in [0.5, 0.6) is 0 Å². The van der Waals surface area contributed by atoms with Crippen molar-refractivity contribution in [3.8, 4) is 11.4 Å². The number of carbonyl (C=O) groups is 10. The second-order valence-corrected chi connectivity index (χ2v) is 20.8. The van der Waals surface area contributed by atoms with Crippen LogP contribution >= 0.6 is 0 Å². The standard InChI is InChI=1S/C58H65FN8O14/c1-3-58(80)39-27-44-55-37(30-67(44)56(78)38(39)32-81-57(58)79)54-41(15-14-36-33(2)40(59)28-43(64-55)53(36)54)62-49(73)21-24-65(31-52(76)77)25-22-60-47(71)18-16-45(69)42(26-34-10-6-4-7-11-34)63-48(72)17-13-35(68)29-61-46(70)12-8-5-9-23-66-50(74)19-20-51(66)75/h4,6-7,10-11,19-20,27-28,41-42,80H,3,5,8-9,12-18,21-26,29-32H2,1-2H3,(H,60,71)(H,61,70)(H,62,73)(H,63,72)(H,76,77)/t41-,42?,58-/m0/s1. The fourth-order valence-electron chi connectivity index (χ4n) is 10.9. The summed E-state index contributed by atoms with van der Waals surface area (Å²) in [5, 5.41) is 32.8. The number of aliphatic carboxylic acids is 1. The van der Waals surface area contributed by atoms with Crippen LogP contribution in [-0.2, 0) is 84.3 Å². The Hall–Kier alpha value is -8.31. The summed E-state index contributed by atoms with van der Waals surface area (Å²) in [6.45, 7) is 2.46. The number of benzene rings is 2. The molecule has 0 radical (unpaired) electrons. The maximum atomic E-state index is 15.5. The number of carbonyl (C=O) groups excluding carboxylic acids is 9. The molecule has 0 saturated carbocycles. The zero-order chi connectivity index (χ0) is 58.1. The molecule has 6 N–H and O–H groups in total. The Labute approximate surface area is 464 Å². The van der Waals surface area contributed by atoms with E-state index in [0.717, 1.165) is 16.0 Å². The lowest BCUT2D eigenvalue weighted by atomic mass is 9.81. The van der Waals surface area contributed by atoms with Crippen LogP contribution in [0.15, 0.2) is 59.4 Å². The van der Waals surface area contributed by atoms with Crippen molar-refractivity contribution < 1.29 is 67.3 Å². The van der Waals surface area contributed by atoms with Crippen LogP contribution in [0.1, 0.15) is 123 Å². The fraction of sp³-hybridized carbons (Fsp3) is 0.448. The Balaban J connectivity index is 0.815. The van der Waals surface area contributed by atoms with Crippen LogP contribution in [0.2, 0.25) is 0 Å². The molecule has 0 saturated heterocycles. The first-order valence-corrected chi connectivity index (χ1v) is 27.3. The van der Waals surface area contributed by atoms with E-state index < -0.39 is 76.8 Å². The zero-order valence-electron chi connectivity index (χ0n) is 45.2. The lowest BCUT2D eigenvalue weighted by Gasteiger charge is -2.31. The molecule has 2 aromatic carbocycles. The van der Waals surface area contributed by atoms with Crippen molar-refractivity contribution in [1.82, 2.24) is 40.6 Å². The fourth-order valence-corrected chi connectivity index (χ4v) is 10.9. The number of fused-ring (bicyclic) bond motifs is 5. The summed E-state index contributed by atoms with van der Waals surface area (Å²) in [4.78, 5) is 148. The number of ketones is 2. The van der Waals surface area contributed by atoms with Gasteiger partial charge in [-0.15, -0.1) is 0 Å². The molecule has 6 amide bonds. The predicted molar refractivity (Wildman–Crippen MR) is 288 cm³/mol. The van der Waals surface area contributed by atoms with Gasteiger partial charge in [0, 0.05) is 99.4 Å². The number of nitrogens with one attached hydrogen (secondary N) is 4. The molecule has 1 aliphatic carbocycles. The van der Waals surface area contributed by atoms with Gasteiger partial charge >= 0.3 is 11.9 Å². The molecule has 81 heavy (non-hydrogen) atoms. The molecule has 8 rings (SSSR count). The van der Waals surface area contributed by atoms with Crippen molar-refractivity contribution >= 4 is 69.9 Å². The number of carboxylic acid groups (broad SMARTS) is 1. The normalized spacial score (nSPS) is 17.1. The maximum absolute atomic E-state index is 15.5. The molecule has 1 unspecified atom stereocenters. The van der Waals surface area contributed by atoms with Crippen molar-refractivity contribution in [2.75, 3.05) is 39.3 Å². The Morgan fingerprint density at radius 2 is 1.58 bits per heavy atom. The number of unbranched alkanes of at least 4 members (excludes halogenated alkanes) is 2. The summed E-state index contributed by atoms with van der Waals surface area (Å²) in [7, 11) is 0.